The van der Waals surface area contributed by atoms with Crippen molar-refractivity contribution in [3.8, 4) is 0 Å². The van der Waals surface area contributed by atoms with Gasteiger partial charge in [-0.3, -0.25) is 14.7 Å². The van der Waals surface area contributed by atoms with Crippen molar-refractivity contribution in [2.75, 3.05) is 26.4 Å². The summed E-state index contributed by atoms with van der Waals surface area (Å²) in [6.45, 7) is 2.76. The summed E-state index contributed by atoms with van der Waals surface area (Å²) in [7, 11) is 1.53. The van der Waals surface area contributed by atoms with Crippen molar-refractivity contribution in [3.63, 3.8) is 0 Å². The third kappa shape index (κ3) is 6.49. The monoisotopic (exact) mass is 467 g/mol. The van der Waals surface area contributed by atoms with Crippen LogP contribution in [-0.4, -0.2) is 43.5 Å². The van der Waals surface area contributed by atoms with Gasteiger partial charge in [0, 0.05) is 31.6 Å². The number of aliphatic imine (C=N–C) groups is 1. The van der Waals surface area contributed by atoms with E-state index in [9.17, 15) is 31.1 Å². The largest absolute Gasteiger partial charge is 0.416 e. The van der Waals surface area contributed by atoms with Crippen molar-refractivity contribution in [1.29, 1.82) is 0 Å². The summed E-state index contributed by atoms with van der Waals surface area (Å²) in [5.74, 6) is 0.479. The van der Waals surface area contributed by atoms with E-state index in [2.05, 4.69) is 10.3 Å². The molecule has 1 fully saturated rings. The molecular weight excluding hydrogens is 444 g/mol. The molecule has 0 spiro atoms. The molecule has 4 nitrogen and oxygen atoms in total. The van der Waals surface area contributed by atoms with E-state index in [-0.39, 0.29) is 30.0 Å². The van der Waals surface area contributed by atoms with Crippen LogP contribution in [0.5, 0.6) is 0 Å². The molecule has 31 heavy (non-hydrogen) atoms. The van der Waals surface area contributed by atoms with Crippen molar-refractivity contribution >= 4 is 24.0 Å². The number of likely N-dealkylation sites (tertiary alicyclic amines) is 1. The maximum atomic E-state index is 13.4. The zero-order valence-electron chi connectivity index (χ0n) is 17.1. The highest BCUT2D eigenvalue weighted by atomic mass is 32.2. The first kappa shape index (κ1) is 25.3. The number of amidine groups is 1. The summed E-state index contributed by atoms with van der Waals surface area (Å²) in [5.41, 5.74) is -2.78. The molecule has 1 unspecified atom stereocenters. The first-order valence-electron chi connectivity index (χ1n) is 9.33. The number of nitrogens with zero attached hydrogens (tertiary/aromatic N) is 2. The summed E-state index contributed by atoms with van der Waals surface area (Å²) >= 11 is 1.38. The van der Waals surface area contributed by atoms with Crippen molar-refractivity contribution < 1.29 is 31.1 Å². The van der Waals surface area contributed by atoms with E-state index in [1.807, 2.05) is 19.3 Å². The molecule has 2 rings (SSSR count). The molecule has 0 aromatic heterocycles. The third-order valence-electron chi connectivity index (χ3n) is 5.12. The van der Waals surface area contributed by atoms with Gasteiger partial charge in [-0.15, -0.1) is 11.8 Å². The van der Waals surface area contributed by atoms with Crippen LogP contribution in [0.15, 0.2) is 34.2 Å². The second-order valence-corrected chi connectivity index (χ2v) is 8.12. The van der Waals surface area contributed by atoms with E-state index in [0.29, 0.717) is 31.4 Å². The van der Waals surface area contributed by atoms with Gasteiger partial charge in [-0.25, -0.2) is 0 Å². The Morgan fingerprint density at radius 1 is 1.23 bits per heavy atom. The van der Waals surface area contributed by atoms with Gasteiger partial charge < -0.3 is 5.32 Å². The van der Waals surface area contributed by atoms with Crippen LogP contribution in [0.4, 0.5) is 26.3 Å². The standard InChI is InChI=1S/C20H23F6N3OS/c1-12-8-29(10-14(12)6-17(31-3)18(27-2)28-11-30)9-13-4-5-15(19(21,22)23)7-16(13)20(24,25)26/h4-7,11-12,14H,8-10H2,1-3H3,(H,27,28,30)/b17-6-/t12-,14?/m0/s1. The first-order valence-corrected chi connectivity index (χ1v) is 10.6. The predicted molar refractivity (Wildman–Crippen MR) is 109 cm³/mol. The summed E-state index contributed by atoms with van der Waals surface area (Å²) in [4.78, 5) is 17.3. The van der Waals surface area contributed by atoms with Crippen molar-refractivity contribution in [2.45, 2.75) is 25.8 Å². The van der Waals surface area contributed by atoms with E-state index in [0.717, 1.165) is 11.0 Å². The van der Waals surface area contributed by atoms with Crippen LogP contribution in [-0.2, 0) is 23.7 Å². The molecule has 1 saturated heterocycles. The normalized spacial score (nSPS) is 21.5. The van der Waals surface area contributed by atoms with Gasteiger partial charge in [0.15, 0.2) is 0 Å². The fourth-order valence-corrected chi connectivity index (χ4v) is 4.23. The van der Waals surface area contributed by atoms with Gasteiger partial charge in [0.2, 0.25) is 6.41 Å². The van der Waals surface area contributed by atoms with Crippen LogP contribution < -0.4 is 5.32 Å². The highest BCUT2D eigenvalue weighted by Crippen LogP contribution is 2.38. The van der Waals surface area contributed by atoms with Crippen LogP contribution in [0.1, 0.15) is 23.6 Å². The van der Waals surface area contributed by atoms with Gasteiger partial charge in [-0.1, -0.05) is 19.1 Å². The lowest BCUT2D eigenvalue weighted by atomic mass is 9.98. The van der Waals surface area contributed by atoms with Crippen LogP contribution >= 0.6 is 11.8 Å². The SMILES string of the molecule is CN=C(NC=O)/C(=C/C1CN(Cc2ccc(C(F)(F)F)cc2C(F)(F)F)C[C@@H]1C)SC. The molecule has 1 N–H and O–H groups in total. The number of alkyl halides is 6. The Morgan fingerprint density at radius 3 is 2.42 bits per heavy atom. The number of carbonyl (C=O) groups excluding carboxylic acids is 1. The Kier molecular flexibility index (Phi) is 8.21. The molecule has 172 valence electrons. The maximum Gasteiger partial charge on any atom is 0.416 e. The van der Waals surface area contributed by atoms with Crippen LogP contribution in [0.3, 0.4) is 0 Å². The topological polar surface area (TPSA) is 44.7 Å². The Bertz CT molecular complexity index is 850. The van der Waals surface area contributed by atoms with Gasteiger partial charge in [-0.05, 0) is 35.8 Å². The van der Waals surface area contributed by atoms with Crippen LogP contribution in [0.25, 0.3) is 0 Å². The molecular formula is C20H23F6N3OS. The zero-order chi connectivity index (χ0) is 23.4. The van der Waals surface area contributed by atoms with Crippen LogP contribution in [0.2, 0.25) is 0 Å². The van der Waals surface area contributed by atoms with Gasteiger partial charge >= 0.3 is 12.4 Å². The molecule has 0 radical (unpaired) electrons. The molecule has 1 aromatic rings. The number of thioether (sulfide) groups is 1. The molecule has 11 heteroatoms. The van der Waals surface area contributed by atoms with Gasteiger partial charge in [0.1, 0.15) is 5.84 Å². The predicted octanol–water partition coefficient (Wildman–Crippen LogP) is 4.81. The summed E-state index contributed by atoms with van der Waals surface area (Å²) in [6, 6.07) is 1.76. The lowest BCUT2D eigenvalue weighted by Gasteiger charge is -2.20. The lowest BCUT2D eigenvalue weighted by molar-refractivity contribution is -0.143. The molecule has 1 aromatic carbocycles. The minimum absolute atomic E-state index is 0.0172. The summed E-state index contributed by atoms with van der Waals surface area (Å²) < 4.78 is 78.9. The summed E-state index contributed by atoms with van der Waals surface area (Å²) in [5, 5.41) is 2.51. The number of carbonyl (C=O) groups is 1. The van der Waals surface area contributed by atoms with E-state index in [1.165, 1.54) is 18.8 Å². The van der Waals surface area contributed by atoms with Crippen LogP contribution in [0, 0.1) is 11.8 Å². The smallest absolute Gasteiger partial charge is 0.313 e. The van der Waals surface area contributed by atoms with E-state index in [1.54, 1.807) is 4.90 Å². The molecule has 1 aliphatic rings. The average molecular weight is 467 g/mol. The number of amides is 1. The van der Waals surface area contributed by atoms with Gasteiger partial charge in [0.25, 0.3) is 0 Å². The highest BCUT2D eigenvalue weighted by Gasteiger charge is 2.39. The number of hydrogen-bond acceptors (Lipinski definition) is 4. The van der Waals surface area contributed by atoms with Crippen molar-refractivity contribution in [1.82, 2.24) is 10.2 Å². The Balaban J connectivity index is 2.25. The molecule has 1 heterocycles. The molecule has 0 saturated carbocycles. The fourth-order valence-electron chi connectivity index (χ4n) is 3.58. The third-order valence-corrected chi connectivity index (χ3v) is 5.89. The second-order valence-electron chi connectivity index (χ2n) is 7.27. The number of hydrogen-bond donors (Lipinski definition) is 1. The fraction of sp³-hybridized carbons (Fsp3) is 0.500. The number of benzene rings is 1. The van der Waals surface area contributed by atoms with Gasteiger partial charge in [-0.2, -0.15) is 26.3 Å². The number of rotatable bonds is 6. The molecule has 1 aliphatic heterocycles. The van der Waals surface area contributed by atoms with E-state index >= 15 is 0 Å². The van der Waals surface area contributed by atoms with Crippen molar-refractivity contribution in [2.24, 2.45) is 16.8 Å². The van der Waals surface area contributed by atoms with E-state index in [4.69, 9.17) is 0 Å². The Hall–Kier alpha value is -2.01. The summed E-state index contributed by atoms with van der Waals surface area (Å²) in [6.07, 6.45) is -5.48. The first-order chi connectivity index (χ1) is 14.4. The number of nitrogens with one attached hydrogen (secondary N) is 1. The van der Waals surface area contributed by atoms with E-state index < -0.39 is 23.5 Å². The quantitative estimate of drug-likeness (QED) is 0.283. The van der Waals surface area contributed by atoms with Crippen molar-refractivity contribution in [3.05, 3.63) is 45.9 Å². The minimum atomic E-state index is -4.89. The zero-order valence-corrected chi connectivity index (χ0v) is 18.0. The molecule has 2 atom stereocenters. The molecule has 0 aliphatic carbocycles. The number of halogens is 6. The Morgan fingerprint density at radius 2 is 1.90 bits per heavy atom. The van der Waals surface area contributed by atoms with Gasteiger partial charge in [0.05, 0.1) is 11.1 Å². The maximum absolute atomic E-state index is 13.4. The average Bonchev–Trinajstić information content (AvgIpc) is 3.01. The minimum Gasteiger partial charge on any atom is -0.313 e. The molecule has 1 amide bonds. The lowest BCUT2D eigenvalue weighted by Crippen LogP contribution is -2.24. The molecule has 0 bridgehead atoms. The second kappa shape index (κ2) is 10.1. The Labute approximate surface area is 180 Å². The highest BCUT2D eigenvalue weighted by molar-refractivity contribution is 8.03.